The van der Waals surface area contributed by atoms with Crippen molar-refractivity contribution >= 4 is 44.0 Å². The molecule has 0 saturated carbocycles. The average molecular weight is 504 g/mol. The second-order valence-electron chi connectivity index (χ2n) is 9.29. The van der Waals surface area contributed by atoms with Crippen molar-refractivity contribution in [3.8, 4) is 16.9 Å². The highest BCUT2D eigenvalue weighted by Crippen LogP contribution is 2.39. The van der Waals surface area contributed by atoms with Crippen LogP contribution in [0.4, 0.5) is 15.9 Å². The van der Waals surface area contributed by atoms with Gasteiger partial charge in [0.15, 0.2) is 5.82 Å². The zero-order valence-corrected chi connectivity index (χ0v) is 21.1. The van der Waals surface area contributed by atoms with Crippen LogP contribution in [-0.2, 0) is 7.05 Å². The van der Waals surface area contributed by atoms with Crippen LogP contribution in [0.5, 0.6) is 5.75 Å². The van der Waals surface area contributed by atoms with Crippen LogP contribution in [0.25, 0.3) is 32.2 Å². The van der Waals surface area contributed by atoms with E-state index >= 15 is 4.39 Å². The minimum absolute atomic E-state index is 0.0480. The van der Waals surface area contributed by atoms with Gasteiger partial charge in [-0.3, -0.25) is 4.68 Å². The Morgan fingerprint density at radius 3 is 2.75 bits per heavy atom. The number of benzene rings is 2. The number of rotatable bonds is 7. The Morgan fingerprint density at radius 1 is 1.14 bits per heavy atom. The Bertz CT molecular complexity index is 1560. The molecule has 0 aliphatic carbocycles. The van der Waals surface area contributed by atoms with Crippen molar-refractivity contribution in [1.82, 2.24) is 29.6 Å². The van der Waals surface area contributed by atoms with E-state index in [9.17, 15) is 0 Å². The fourth-order valence-corrected chi connectivity index (χ4v) is 5.58. The highest BCUT2D eigenvalue weighted by molar-refractivity contribution is 7.16. The zero-order valence-electron chi connectivity index (χ0n) is 20.3. The first-order valence-electron chi connectivity index (χ1n) is 11.9. The van der Waals surface area contributed by atoms with Gasteiger partial charge in [-0.2, -0.15) is 5.10 Å². The predicted octanol–water partition coefficient (Wildman–Crippen LogP) is 5.24. The number of thiazole rings is 1. The van der Waals surface area contributed by atoms with Gasteiger partial charge in [0.05, 0.1) is 38.5 Å². The van der Waals surface area contributed by atoms with E-state index in [4.69, 9.17) is 4.74 Å². The third-order valence-corrected chi connectivity index (χ3v) is 7.57. The minimum Gasteiger partial charge on any atom is -0.489 e. The van der Waals surface area contributed by atoms with Crippen molar-refractivity contribution in [1.29, 1.82) is 0 Å². The lowest BCUT2D eigenvalue weighted by Crippen LogP contribution is -2.51. The summed E-state index contributed by atoms with van der Waals surface area (Å²) in [5, 5.41) is 8.25. The summed E-state index contributed by atoms with van der Waals surface area (Å²) in [5.41, 5.74) is 5.25. The van der Waals surface area contributed by atoms with Gasteiger partial charge in [-0.25, -0.2) is 19.3 Å². The lowest BCUT2D eigenvalue weighted by atomic mass is 9.92. The predicted molar refractivity (Wildman–Crippen MR) is 140 cm³/mol. The number of aromatic nitrogens is 5. The lowest BCUT2D eigenvalue weighted by Gasteiger charge is -2.41. The summed E-state index contributed by atoms with van der Waals surface area (Å²) >= 11 is 1.28. The van der Waals surface area contributed by atoms with E-state index in [1.54, 1.807) is 22.3 Å². The van der Waals surface area contributed by atoms with Gasteiger partial charge in [-0.15, -0.1) is 11.3 Å². The van der Waals surface area contributed by atoms with Gasteiger partial charge >= 0.3 is 0 Å². The van der Waals surface area contributed by atoms with Crippen LogP contribution in [0.2, 0.25) is 0 Å². The molecule has 5 aromatic rings. The molecule has 0 bridgehead atoms. The van der Waals surface area contributed by atoms with Crippen LogP contribution in [0.15, 0.2) is 48.5 Å². The van der Waals surface area contributed by atoms with E-state index in [1.807, 2.05) is 31.6 Å². The molecule has 1 saturated heterocycles. The zero-order chi connectivity index (χ0) is 24.8. The van der Waals surface area contributed by atoms with Crippen molar-refractivity contribution in [3.05, 3.63) is 54.3 Å². The maximum atomic E-state index is 15.3. The van der Waals surface area contributed by atoms with Crippen LogP contribution in [0, 0.1) is 11.7 Å². The van der Waals surface area contributed by atoms with Crippen LogP contribution < -0.4 is 10.1 Å². The molecule has 36 heavy (non-hydrogen) atoms. The molecule has 1 aliphatic rings. The largest absolute Gasteiger partial charge is 0.489 e. The molecule has 8 nitrogen and oxygen atoms in total. The number of likely N-dealkylation sites (tertiary alicyclic amines) is 1. The van der Waals surface area contributed by atoms with E-state index in [-0.39, 0.29) is 11.9 Å². The lowest BCUT2D eigenvalue weighted by molar-refractivity contribution is 0.0241. The van der Waals surface area contributed by atoms with E-state index in [2.05, 4.69) is 44.2 Å². The van der Waals surface area contributed by atoms with Crippen molar-refractivity contribution < 1.29 is 9.13 Å². The number of anilines is 2. The molecule has 0 radical (unpaired) electrons. The third-order valence-electron chi connectivity index (χ3n) is 6.73. The van der Waals surface area contributed by atoms with Crippen LogP contribution in [0.3, 0.4) is 0 Å². The van der Waals surface area contributed by atoms with Gasteiger partial charge in [-0.1, -0.05) is 6.92 Å². The summed E-state index contributed by atoms with van der Waals surface area (Å²) in [4.78, 5) is 15.5. The first kappa shape index (κ1) is 22.8. The molecule has 4 heterocycles. The number of aryl methyl sites for hydroxylation is 1. The number of hydrogen-bond donors (Lipinski definition) is 1. The molecular formula is C26H26FN7OS. The van der Waals surface area contributed by atoms with Gasteiger partial charge in [-0.05, 0) is 43.3 Å². The maximum absolute atomic E-state index is 15.3. The second kappa shape index (κ2) is 9.11. The summed E-state index contributed by atoms with van der Waals surface area (Å²) < 4.78 is 24.2. The molecular weight excluding hydrogens is 477 g/mol. The molecule has 184 valence electrons. The Labute approximate surface area is 211 Å². The fraction of sp³-hybridized carbons (Fsp3) is 0.308. The standard InChI is InChI=1S/C26H26FN7OS/c1-4-21(17-10-33(2)11-17)35-22-8-15(16-9-31-34(3)12-16)7-20-23(22)26(29-13-28-20)32-18-5-6-19-25(24(18)27)36-14-30-19/h5-9,12-14,17,21H,4,10-11H2,1-3H3,(H,28,29,32)/t21-/m0/s1. The minimum atomic E-state index is -0.347. The van der Waals surface area contributed by atoms with Crippen LogP contribution >= 0.6 is 11.3 Å². The monoisotopic (exact) mass is 503 g/mol. The Kier molecular flexibility index (Phi) is 5.77. The van der Waals surface area contributed by atoms with Gasteiger partial charge in [0.2, 0.25) is 0 Å². The third kappa shape index (κ3) is 4.06. The molecule has 1 aliphatic heterocycles. The van der Waals surface area contributed by atoms with E-state index in [1.165, 1.54) is 17.7 Å². The topological polar surface area (TPSA) is 81.0 Å². The molecule has 0 spiro atoms. The average Bonchev–Trinajstić information content (AvgIpc) is 3.52. The molecule has 6 rings (SSSR count). The van der Waals surface area contributed by atoms with Gasteiger partial charge < -0.3 is 15.0 Å². The Hall–Kier alpha value is -3.63. The number of halogens is 1. The molecule has 3 aromatic heterocycles. The van der Waals surface area contributed by atoms with Crippen molar-refractivity contribution in [2.45, 2.75) is 19.4 Å². The Balaban J connectivity index is 1.47. The van der Waals surface area contributed by atoms with E-state index in [0.717, 1.165) is 36.0 Å². The number of nitrogens with one attached hydrogen (secondary N) is 1. The summed E-state index contributed by atoms with van der Waals surface area (Å²) in [6.45, 7) is 4.15. The maximum Gasteiger partial charge on any atom is 0.166 e. The summed E-state index contributed by atoms with van der Waals surface area (Å²) in [6, 6.07) is 7.50. The smallest absolute Gasteiger partial charge is 0.166 e. The van der Waals surface area contributed by atoms with E-state index in [0.29, 0.717) is 38.9 Å². The SMILES string of the molecule is CC[C@H](Oc1cc(-c2cnn(C)c2)cc2ncnc(Nc3ccc4ncsc4c3F)c12)C1CN(C)C1. The highest BCUT2D eigenvalue weighted by atomic mass is 32.1. The van der Waals surface area contributed by atoms with Crippen molar-refractivity contribution in [2.24, 2.45) is 13.0 Å². The molecule has 1 N–H and O–H groups in total. The van der Waals surface area contributed by atoms with Gasteiger partial charge in [0.25, 0.3) is 0 Å². The first-order chi connectivity index (χ1) is 17.5. The van der Waals surface area contributed by atoms with Crippen LogP contribution in [-0.4, -0.2) is 55.9 Å². The number of fused-ring (bicyclic) bond motifs is 2. The number of nitrogens with zero attached hydrogens (tertiary/aromatic N) is 6. The summed E-state index contributed by atoms with van der Waals surface area (Å²) in [7, 11) is 4.01. The quantitative estimate of drug-likeness (QED) is 0.325. The Morgan fingerprint density at radius 2 is 2.00 bits per heavy atom. The van der Waals surface area contributed by atoms with Gasteiger partial charge in [0, 0.05) is 37.8 Å². The normalized spacial score (nSPS) is 15.3. The molecule has 0 amide bonds. The first-order valence-corrected chi connectivity index (χ1v) is 12.8. The summed E-state index contributed by atoms with van der Waals surface area (Å²) in [5.74, 6) is 1.27. The molecule has 0 unspecified atom stereocenters. The second-order valence-corrected chi connectivity index (χ2v) is 10.1. The highest BCUT2D eigenvalue weighted by Gasteiger charge is 2.32. The molecule has 10 heteroatoms. The molecule has 1 fully saturated rings. The van der Waals surface area contributed by atoms with Crippen molar-refractivity contribution in [2.75, 3.05) is 25.5 Å². The number of ether oxygens (including phenoxy) is 1. The number of hydrogen-bond acceptors (Lipinski definition) is 8. The van der Waals surface area contributed by atoms with Crippen LogP contribution in [0.1, 0.15) is 13.3 Å². The molecule has 1 atom stereocenters. The summed E-state index contributed by atoms with van der Waals surface area (Å²) in [6.07, 6.45) is 6.20. The van der Waals surface area contributed by atoms with E-state index < -0.39 is 0 Å². The van der Waals surface area contributed by atoms with Crippen molar-refractivity contribution in [3.63, 3.8) is 0 Å². The van der Waals surface area contributed by atoms with Gasteiger partial charge in [0.1, 0.15) is 24.0 Å². The fourth-order valence-electron chi connectivity index (χ4n) is 4.86. The molecule has 2 aromatic carbocycles.